The van der Waals surface area contributed by atoms with Crippen molar-refractivity contribution < 1.29 is 0 Å². The molecule has 1 aliphatic rings. The number of likely N-dealkylation sites (N-methyl/N-ethyl adjacent to an activating group) is 1. The standard InChI is InChI=1S/C11H14Cl2N2/c1-15-6-11(5-14,7-15)8-2-3-9(12)10(13)4-8/h2-4H,5-7,14H2,1H3. The van der Waals surface area contributed by atoms with Gasteiger partial charge in [0.25, 0.3) is 0 Å². The predicted molar refractivity (Wildman–Crippen MR) is 64.7 cm³/mol. The minimum absolute atomic E-state index is 0.0724. The molecule has 1 aromatic rings. The van der Waals surface area contributed by atoms with E-state index in [1.165, 1.54) is 5.56 Å². The molecule has 1 aromatic carbocycles. The molecule has 1 saturated heterocycles. The highest BCUT2D eigenvalue weighted by Crippen LogP contribution is 2.35. The second kappa shape index (κ2) is 3.95. The Morgan fingerprint density at radius 1 is 1.33 bits per heavy atom. The van der Waals surface area contributed by atoms with Gasteiger partial charge >= 0.3 is 0 Å². The summed E-state index contributed by atoms with van der Waals surface area (Å²) in [6, 6.07) is 5.80. The Morgan fingerprint density at radius 3 is 2.47 bits per heavy atom. The molecule has 15 heavy (non-hydrogen) atoms. The number of nitrogens with zero attached hydrogens (tertiary/aromatic N) is 1. The van der Waals surface area contributed by atoms with Crippen molar-refractivity contribution in [3.05, 3.63) is 33.8 Å². The third-order valence-corrected chi connectivity index (χ3v) is 3.81. The molecule has 0 aromatic heterocycles. The maximum Gasteiger partial charge on any atom is 0.0595 e. The summed E-state index contributed by atoms with van der Waals surface area (Å²) in [5.74, 6) is 0. The van der Waals surface area contributed by atoms with Crippen molar-refractivity contribution in [2.45, 2.75) is 5.41 Å². The number of benzene rings is 1. The molecule has 1 heterocycles. The van der Waals surface area contributed by atoms with Crippen LogP contribution < -0.4 is 5.73 Å². The summed E-state index contributed by atoms with van der Waals surface area (Å²) in [4.78, 5) is 2.25. The molecule has 1 aliphatic heterocycles. The van der Waals surface area contributed by atoms with Gasteiger partial charge in [-0.3, -0.25) is 0 Å². The number of halogens is 2. The normalized spacial score (nSPS) is 20.0. The van der Waals surface area contributed by atoms with Crippen LogP contribution in [-0.4, -0.2) is 31.6 Å². The van der Waals surface area contributed by atoms with Crippen molar-refractivity contribution in [1.29, 1.82) is 0 Å². The lowest BCUT2D eigenvalue weighted by molar-refractivity contribution is 0.100. The minimum atomic E-state index is 0.0724. The first-order valence-corrected chi connectivity index (χ1v) is 5.67. The highest BCUT2D eigenvalue weighted by molar-refractivity contribution is 6.42. The number of hydrogen-bond donors (Lipinski definition) is 1. The smallest absolute Gasteiger partial charge is 0.0595 e. The van der Waals surface area contributed by atoms with Crippen LogP contribution in [0.3, 0.4) is 0 Å². The summed E-state index contributed by atoms with van der Waals surface area (Å²) >= 11 is 11.9. The van der Waals surface area contributed by atoms with Gasteiger partial charge in [0.15, 0.2) is 0 Å². The average Bonchev–Trinajstić information content (AvgIpc) is 2.17. The summed E-state index contributed by atoms with van der Waals surface area (Å²) in [6.07, 6.45) is 0. The fraction of sp³-hybridized carbons (Fsp3) is 0.455. The number of nitrogens with two attached hydrogens (primary N) is 1. The van der Waals surface area contributed by atoms with Crippen molar-refractivity contribution in [2.24, 2.45) is 5.73 Å². The molecule has 0 bridgehead atoms. The van der Waals surface area contributed by atoms with E-state index in [1.807, 2.05) is 18.2 Å². The van der Waals surface area contributed by atoms with E-state index in [-0.39, 0.29) is 5.41 Å². The van der Waals surface area contributed by atoms with Crippen LogP contribution in [0.1, 0.15) is 5.56 Å². The zero-order valence-corrected chi connectivity index (χ0v) is 10.1. The van der Waals surface area contributed by atoms with Crippen molar-refractivity contribution in [3.63, 3.8) is 0 Å². The molecule has 2 rings (SSSR count). The molecular formula is C11H14Cl2N2. The zero-order valence-electron chi connectivity index (χ0n) is 8.63. The SMILES string of the molecule is CN1CC(CN)(c2ccc(Cl)c(Cl)c2)C1. The molecule has 0 amide bonds. The largest absolute Gasteiger partial charge is 0.329 e. The van der Waals surface area contributed by atoms with Crippen LogP contribution >= 0.6 is 23.2 Å². The first-order chi connectivity index (χ1) is 7.07. The zero-order chi connectivity index (χ0) is 11.1. The molecule has 4 heteroatoms. The fourth-order valence-corrected chi connectivity index (χ4v) is 2.54. The maximum atomic E-state index is 6.01. The third kappa shape index (κ3) is 1.87. The lowest BCUT2D eigenvalue weighted by atomic mass is 9.74. The lowest BCUT2D eigenvalue weighted by Gasteiger charge is -2.48. The summed E-state index contributed by atoms with van der Waals surface area (Å²) in [5.41, 5.74) is 7.11. The summed E-state index contributed by atoms with van der Waals surface area (Å²) in [5, 5.41) is 1.21. The Labute approximate surface area is 100.0 Å². The third-order valence-electron chi connectivity index (χ3n) is 3.07. The van der Waals surface area contributed by atoms with Gasteiger partial charge in [0, 0.05) is 25.0 Å². The monoisotopic (exact) mass is 244 g/mol. The van der Waals surface area contributed by atoms with E-state index in [9.17, 15) is 0 Å². The van der Waals surface area contributed by atoms with Gasteiger partial charge in [-0.1, -0.05) is 29.3 Å². The molecule has 2 N–H and O–H groups in total. The molecule has 1 fully saturated rings. The Bertz CT molecular complexity index is 373. The highest BCUT2D eigenvalue weighted by atomic mass is 35.5. The second-order valence-electron chi connectivity index (χ2n) is 4.29. The molecule has 0 saturated carbocycles. The molecular weight excluding hydrogens is 231 g/mol. The first kappa shape index (κ1) is 11.2. The summed E-state index contributed by atoms with van der Waals surface area (Å²) in [7, 11) is 2.09. The molecule has 0 atom stereocenters. The predicted octanol–water partition coefficient (Wildman–Crippen LogP) is 2.14. The Hall–Kier alpha value is -0.280. The number of rotatable bonds is 2. The van der Waals surface area contributed by atoms with E-state index in [4.69, 9.17) is 28.9 Å². The maximum absolute atomic E-state index is 6.01. The van der Waals surface area contributed by atoms with Crippen LogP contribution in [0.25, 0.3) is 0 Å². The van der Waals surface area contributed by atoms with Gasteiger partial charge in [-0.25, -0.2) is 0 Å². The van der Waals surface area contributed by atoms with Crippen LogP contribution in [-0.2, 0) is 5.41 Å². The van der Waals surface area contributed by atoms with Gasteiger partial charge < -0.3 is 10.6 Å². The van der Waals surface area contributed by atoms with Crippen molar-refractivity contribution >= 4 is 23.2 Å². The van der Waals surface area contributed by atoms with Gasteiger partial charge in [-0.05, 0) is 24.7 Å². The molecule has 0 radical (unpaired) electrons. The van der Waals surface area contributed by atoms with E-state index < -0.39 is 0 Å². The van der Waals surface area contributed by atoms with Gasteiger partial charge in [0.05, 0.1) is 10.0 Å². The van der Waals surface area contributed by atoms with Gasteiger partial charge in [0.2, 0.25) is 0 Å². The fourth-order valence-electron chi connectivity index (χ4n) is 2.24. The molecule has 0 unspecified atom stereocenters. The quantitative estimate of drug-likeness (QED) is 0.864. The van der Waals surface area contributed by atoms with Crippen molar-refractivity contribution in [3.8, 4) is 0 Å². The van der Waals surface area contributed by atoms with Crippen LogP contribution in [0.15, 0.2) is 18.2 Å². The molecule has 0 aliphatic carbocycles. The van der Waals surface area contributed by atoms with Crippen LogP contribution in [0.2, 0.25) is 10.0 Å². The number of hydrogen-bond acceptors (Lipinski definition) is 2. The highest BCUT2D eigenvalue weighted by Gasteiger charge is 2.41. The Balaban J connectivity index is 2.32. The van der Waals surface area contributed by atoms with Crippen molar-refractivity contribution in [1.82, 2.24) is 4.90 Å². The first-order valence-electron chi connectivity index (χ1n) is 4.91. The van der Waals surface area contributed by atoms with Crippen LogP contribution in [0.4, 0.5) is 0 Å². The van der Waals surface area contributed by atoms with E-state index in [0.29, 0.717) is 16.6 Å². The van der Waals surface area contributed by atoms with Gasteiger partial charge in [0.1, 0.15) is 0 Å². The van der Waals surface area contributed by atoms with E-state index in [1.54, 1.807) is 0 Å². The van der Waals surface area contributed by atoms with E-state index in [0.717, 1.165) is 13.1 Å². The topological polar surface area (TPSA) is 29.3 Å². The Kier molecular flexibility index (Phi) is 2.95. The van der Waals surface area contributed by atoms with E-state index in [2.05, 4.69) is 11.9 Å². The Morgan fingerprint density at radius 2 is 2.00 bits per heavy atom. The minimum Gasteiger partial charge on any atom is -0.329 e. The molecule has 82 valence electrons. The van der Waals surface area contributed by atoms with Crippen molar-refractivity contribution in [2.75, 3.05) is 26.7 Å². The molecule has 0 spiro atoms. The van der Waals surface area contributed by atoms with E-state index >= 15 is 0 Å². The van der Waals surface area contributed by atoms with Gasteiger partial charge in [-0.15, -0.1) is 0 Å². The number of likely N-dealkylation sites (tertiary alicyclic amines) is 1. The molecule has 2 nitrogen and oxygen atoms in total. The summed E-state index contributed by atoms with van der Waals surface area (Å²) in [6.45, 7) is 2.62. The van der Waals surface area contributed by atoms with Crippen LogP contribution in [0, 0.1) is 0 Å². The second-order valence-corrected chi connectivity index (χ2v) is 5.10. The average molecular weight is 245 g/mol. The van der Waals surface area contributed by atoms with Crippen LogP contribution in [0.5, 0.6) is 0 Å². The lowest BCUT2D eigenvalue weighted by Crippen LogP contribution is -2.61. The van der Waals surface area contributed by atoms with Gasteiger partial charge in [-0.2, -0.15) is 0 Å². The summed E-state index contributed by atoms with van der Waals surface area (Å²) < 4.78 is 0.